The number of hydrogen-bond donors (Lipinski definition) is 2. The van der Waals surface area contributed by atoms with Crippen LogP contribution < -0.4 is 19.1 Å². The molecule has 10 heteroatoms. The molecule has 1 aliphatic rings. The number of ether oxygens (including phenoxy) is 2. The fourth-order valence-electron chi connectivity index (χ4n) is 3.24. The van der Waals surface area contributed by atoms with Gasteiger partial charge in [-0.25, -0.2) is 13.8 Å². The smallest absolute Gasteiger partial charge is 0.407 e. The molecule has 0 saturated carbocycles. The van der Waals surface area contributed by atoms with Gasteiger partial charge in [-0.15, -0.1) is 0 Å². The molecule has 0 atom stereocenters. The number of amides is 2. The molecule has 2 N–H and O–H groups in total. The van der Waals surface area contributed by atoms with Crippen LogP contribution >= 0.6 is 0 Å². The van der Waals surface area contributed by atoms with Crippen LogP contribution in [-0.2, 0) is 26.3 Å². The van der Waals surface area contributed by atoms with Gasteiger partial charge < -0.3 is 14.8 Å². The molecule has 1 heterocycles. The molecule has 0 aromatic heterocycles. The number of carbonyl (C=O) groups excluding carboxylic acids is 2. The van der Waals surface area contributed by atoms with E-state index in [4.69, 9.17) is 9.47 Å². The highest BCUT2D eigenvalue weighted by Gasteiger charge is 2.35. The molecule has 0 unspecified atom stereocenters. The third kappa shape index (κ3) is 7.48. The van der Waals surface area contributed by atoms with Crippen molar-refractivity contribution in [3.8, 4) is 5.75 Å². The Morgan fingerprint density at radius 3 is 2.54 bits per heavy atom. The summed E-state index contributed by atoms with van der Waals surface area (Å²) in [7, 11) is -3.99. The quantitative estimate of drug-likeness (QED) is 0.543. The number of anilines is 1. The fraction of sp³-hybridized carbons (Fsp3) is 0.360. The Kier molecular flexibility index (Phi) is 8.06. The van der Waals surface area contributed by atoms with Gasteiger partial charge in [0, 0.05) is 0 Å². The van der Waals surface area contributed by atoms with Crippen molar-refractivity contribution in [2.75, 3.05) is 17.5 Å². The van der Waals surface area contributed by atoms with Crippen LogP contribution in [0.15, 0.2) is 54.6 Å². The van der Waals surface area contributed by atoms with Crippen LogP contribution in [0.1, 0.15) is 38.8 Å². The van der Waals surface area contributed by atoms with Gasteiger partial charge in [0.05, 0.1) is 17.8 Å². The van der Waals surface area contributed by atoms with E-state index in [1.54, 1.807) is 30.4 Å². The third-order valence-electron chi connectivity index (χ3n) is 4.97. The lowest BCUT2D eigenvalue weighted by Crippen LogP contribution is -2.42. The van der Waals surface area contributed by atoms with Gasteiger partial charge in [0.15, 0.2) is 0 Å². The van der Waals surface area contributed by atoms with Crippen molar-refractivity contribution >= 4 is 34.0 Å². The van der Waals surface area contributed by atoms with E-state index >= 15 is 0 Å². The molecular weight excluding hydrogens is 470 g/mol. The first-order chi connectivity index (χ1) is 16.4. The predicted octanol–water partition coefficient (Wildman–Crippen LogP) is 3.62. The third-order valence-corrected chi connectivity index (χ3v) is 6.37. The Bertz CT molecular complexity index is 1190. The molecule has 1 aliphatic heterocycles. The first-order valence-corrected chi connectivity index (χ1v) is 12.7. The van der Waals surface area contributed by atoms with Gasteiger partial charge in [-0.1, -0.05) is 62.4 Å². The number of alkyl carbamates (subject to hydrolysis) is 1. The molecule has 2 aromatic carbocycles. The Morgan fingerprint density at radius 2 is 1.91 bits per heavy atom. The van der Waals surface area contributed by atoms with E-state index in [0.717, 1.165) is 15.4 Å². The van der Waals surface area contributed by atoms with Crippen LogP contribution in [0.2, 0.25) is 0 Å². The van der Waals surface area contributed by atoms with Crippen LogP contribution in [0.3, 0.4) is 0 Å². The van der Waals surface area contributed by atoms with Gasteiger partial charge in [-0.2, -0.15) is 8.42 Å². The standard InChI is InChI=1S/C25H31N3O6S/c1-18(2)16-34-24(30)26-25(3,4)13-12-19-10-11-21(28-15-23(29)27-35(28,31)32)22(14-19)33-17-20-8-6-5-7-9-20/h5-14,18H,15-17H2,1-4H3,(H,26,30)(H,27,29)/b13-12+. The molecule has 1 saturated heterocycles. The van der Waals surface area contributed by atoms with Gasteiger partial charge in [0.25, 0.3) is 5.91 Å². The predicted molar refractivity (Wildman–Crippen MR) is 134 cm³/mol. The van der Waals surface area contributed by atoms with Crippen LogP contribution in [0.5, 0.6) is 5.75 Å². The van der Waals surface area contributed by atoms with Crippen LogP contribution in [0, 0.1) is 5.92 Å². The summed E-state index contributed by atoms with van der Waals surface area (Å²) in [5, 5.41) is 2.80. The minimum Gasteiger partial charge on any atom is -0.487 e. The Morgan fingerprint density at radius 1 is 1.20 bits per heavy atom. The molecule has 0 aliphatic carbocycles. The summed E-state index contributed by atoms with van der Waals surface area (Å²) >= 11 is 0. The van der Waals surface area contributed by atoms with Gasteiger partial charge in [-0.05, 0) is 43.0 Å². The Labute approximate surface area is 206 Å². The highest BCUT2D eigenvalue weighted by Crippen LogP contribution is 2.33. The van der Waals surface area contributed by atoms with E-state index < -0.39 is 27.7 Å². The summed E-state index contributed by atoms with van der Waals surface area (Å²) < 4.78 is 39.0. The van der Waals surface area contributed by atoms with Gasteiger partial charge in [0.2, 0.25) is 0 Å². The van der Waals surface area contributed by atoms with Gasteiger partial charge in [0.1, 0.15) is 18.9 Å². The van der Waals surface area contributed by atoms with Gasteiger partial charge in [-0.3, -0.25) is 4.79 Å². The van der Waals surface area contributed by atoms with Crippen LogP contribution in [-0.4, -0.2) is 39.1 Å². The summed E-state index contributed by atoms with van der Waals surface area (Å²) in [6.07, 6.45) is 3.09. The Balaban J connectivity index is 1.83. The summed E-state index contributed by atoms with van der Waals surface area (Å²) in [6, 6.07) is 14.5. The minimum atomic E-state index is -3.99. The monoisotopic (exact) mass is 501 g/mol. The average Bonchev–Trinajstić information content (AvgIpc) is 3.07. The molecular formula is C25H31N3O6S. The summed E-state index contributed by atoms with van der Waals surface area (Å²) in [5.74, 6) is -0.0736. The van der Waals surface area contributed by atoms with Crippen LogP contribution in [0.25, 0.3) is 6.08 Å². The van der Waals surface area contributed by atoms with Crippen molar-refractivity contribution in [1.29, 1.82) is 0 Å². The van der Waals surface area contributed by atoms with Crippen molar-refractivity contribution in [2.24, 2.45) is 5.92 Å². The lowest BCUT2D eigenvalue weighted by molar-refractivity contribution is -0.117. The van der Waals surface area contributed by atoms with Crippen molar-refractivity contribution < 1.29 is 27.5 Å². The highest BCUT2D eigenvalue weighted by molar-refractivity contribution is 7.92. The van der Waals surface area contributed by atoms with E-state index in [-0.39, 0.29) is 24.8 Å². The average molecular weight is 502 g/mol. The molecule has 9 nitrogen and oxygen atoms in total. The molecule has 3 rings (SSSR count). The number of nitrogens with zero attached hydrogens (tertiary/aromatic N) is 1. The molecule has 1 fully saturated rings. The number of carbonyl (C=O) groups is 2. The summed E-state index contributed by atoms with van der Waals surface area (Å²) in [6.45, 7) is 7.79. The van der Waals surface area contributed by atoms with Crippen molar-refractivity contribution in [3.05, 3.63) is 65.7 Å². The number of rotatable bonds is 9. The number of hydrogen-bond acceptors (Lipinski definition) is 6. The Hall–Kier alpha value is -3.53. The fourth-order valence-corrected chi connectivity index (χ4v) is 4.40. The SMILES string of the molecule is CC(C)COC(=O)NC(C)(C)/C=C/c1ccc(N2CC(=O)NS2(=O)=O)c(OCc2ccccc2)c1. The topological polar surface area (TPSA) is 114 Å². The first kappa shape index (κ1) is 26.1. The lowest BCUT2D eigenvalue weighted by atomic mass is 10.0. The first-order valence-electron chi connectivity index (χ1n) is 11.2. The van der Waals surface area contributed by atoms with E-state index in [1.807, 2.05) is 62.7 Å². The van der Waals surface area contributed by atoms with E-state index in [0.29, 0.717) is 12.4 Å². The van der Waals surface area contributed by atoms with E-state index in [2.05, 4.69) is 5.32 Å². The zero-order chi connectivity index (χ0) is 25.6. The van der Waals surface area contributed by atoms with Crippen LogP contribution in [0.4, 0.5) is 10.5 Å². The molecule has 0 radical (unpaired) electrons. The second kappa shape index (κ2) is 10.8. The maximum Gasteiger partial charge on any atom is 0.407 e. The molecule has 0 spiro atoms. The normalized spacial score (nSPS) is 15.3. The molecule has 2 amide bonds. The van der Waals surface area contributed by atoms with Crippen molar-refractivity contribution in [3.63, 3.8) is 0 Å². The molecule has 0 bridgehead atoms. The van der Waals surface area contributed by atoms with Gasteiger partial charge >= 0.3 is 16.3 Å². The van der Waals surface area contributed by atoms with E-state index in [9.17, 15) is 18.0 Å². The second-order valence-corrected chi connectivity index (χ2v) is 10.8. The highest BCUT2D eigenvalue weighted by atomic mass is 32.2. The zero-order valence-corrected chi connectivity index (χ0v) is 21.1. The maximum atomic E-state index is 12.4. The van der Waals surface area contributed by atoms with Crippen molar-refractivity contribution in [1.82, 2.24) is 10.0 Å². The largest absolute Gasteiger partial charge is 0.487 e. The summed E-state index contributed by atoms with van der Waals surface area (Å²) in [4.78, 5) is 23.8. The lowest BCUT2D eigenvalue weighted by Gasteiger charge is -2.22. The molecule has 35 heavy (non-hydrogen) atoms. The number of nitrogens with one attached hydrogen (secondary N) is 2. The maximum absolute atomic E-state index is 12.4. The van der Waals surface area contributed by atoms with E-state index in [1.165, 1.54) is 0 Å². The second-order valence-electron chi connectivity index (χ2n) is 9.21. The van der Waals surface area contributed by atoms with Crippen molar-refractivity contribution in [2.45, 2.75) is 39.8 Å². The summed E-state index contributed by atoms with van der Waals surface area (Å²) in [5.41, 5.74) is 1.18. The minimum absolute atomic E-state index is 0.213. The zero-order valence-electron chi connectivity index (χ0n) is 20.3. The molecule has 188 valence electrons. The number of benzene rings is 2. The molecule has 2 aromatic rings.